The molecule has 1 aliphatic rings. The summed E-state index contributed by atoms with van der Waals surface area (Å²) in [5, 5.41) is 11.0. The molecule has 1 N–H and O–H groups in total. The Labute approximate surface area is 162 Å². The monoisotopic (exact) mass is 379 g/mol. The molecule has 28 heavy (non-hydrogen) atoms. The lowest BCUT2D eigenvalue weighted by Crippen LogP contribution is -2.25. The second-order valence-electron chi connectivity index (χ2n) is 6.51. The summed E-state index contributed by atoms with van der Waals surface area (Å²) in [6.45, 7) is 0.869. The summed E-state index contributed by atoms with van der Waals surface area (Å²) in [6.07, 6.45) is 2.57. The molecule has 1 aromatic heterocycles. The fourth-order valence-electron chi connectivity index (χ4n) is 2.97. The van der Waals surface area contributed by atoms with Gasteiger partial charge >= 0.3 is 0 Å². The lowest BCUT2D eigenvalue weighted by atomic mass is 10.1. The zero-order valence-electron chi connectivity index (χ0n) is 15.4. The first-order valence-corrected chi connectivity index (χ1v) is 9.31. The first kappa shape index (κ1) is 18.0. The standard InChI is InChI=1S/C21H21N3O4/c25-19(22-12-4-7-15-5-2-1-3-6-15)10-11-20-23-24-21(28-20)16-8-9-17-18(13-16)27-14-26-17/h1-3,5-6,8-9,13H,4,7,10-12,14H2,(H,22,25). The van der Waals surface area contributed by atoms with Gasteiger partial charge in [0, 0.05) is 24.9 Å². The van der Waals surface area contributed by atoms with Crippen molar-refractivity contribution in [3.8, 4) is 23.0 Å². The second kappa shape index (κ2) is 8.56. The highest BCUT2D eigenvalue weighted by Gasteiger charge is 2.17. The topological polar surface area (TPSA) is 86.5 Å². The van der Waals surface area contributed by atoms with Crippen LogP contribution in [0.15, 0.2) is 52.9 Å². The van der Waals surface area contributed by atoms with Gasteiger partial charge < -0.3 is 19.2 Å². The largest absolute Gasteiger partial charge is 0.454 e. The Hall–Kier alpha value is -3.35. The number of rotatable bonds is 8. The molecular formula is C21H21N3O4. The Morgan fingerprint density at radius 3 is 2.75 bits per heavy atom. The van der Waals surface area contributed by atoms with Crippen LogP contribution in [0.5, 0.6) is 11.5 Å². The Balaban J connectivity index is 1.21. The Morgan fingerprint density at radius 1 is 1.00 bits per heavy atom. The number of aromatic nitrogens is 2. The highest BCUT2D eigenvalue weighted by Crippen LogP contribution is 2.35. The van der Waals surface area contributed by atoms with E-state index in [0.717, 1.165) is 18.4 Å². The molecule has 2 aromatic carbocycles. The second-order valence-corrected chi connectivity index (χ2v) is 6.51. The summed E-state index contributed by atoms with van der Waals surface area (Å²) in [7, 11) is 0. The van der Waals surface area contributed by atoms with Gasteiger partial charge in [-0.1, -0.05) is 30.3 Å². The van der Waals surface area contributed by atoms with E-state index in [1.807, 2.05) is 30.3 Å². The molecule has 2 heterocycles. The minimum Gasteiger partial charge on any atom is -0.454 e. The number of benzene rings is 2. The van der Waals surface area contributed by atoms with Gasteiger partial charge in [-0.2, -0.15) is 0 Å². The van der Waals surface area contributed by atoms with Gasteiger partial charge in [-0.15, -0.1) is 10.2 Å². The lowest BCUT2D eigenvalue weighted by molar-refractivity contribution is -0.121. The molecule has 144 valence electrons. The molecule has 0 saturated carbocycles. The van der Waals surface area contributed by atoms with Gasteiger partial charge in [0.25, 0.3) is 0 Å². The van der Waals surface area contributed by atoms with Crippen LogP contribution in [-0.2, 0) is 17.6 Å². The third-order valence-electron chi connectivity index (χ3n) is 4.46. The number of hydrogen-bond acceptors (Lipinski definition) is 6. The first-order valence-electron chi connectivity index (χ1n) is 9.31. The van der Waals surface area contributed by atoms with Gasteiger partial charge in [0.1, 0.15) is 0 Å². The van der Waals surface area contributed by atoms with Gasteiger partial charge in [-0.3, -0.25) is 4.79 Å². The summed E-state index contributed by atoms with van der Waals surface area (Å²) in [4.78, 5) is 12.0. The number of fused-ring (bicyclic) bond motifs is 1. The van der Waals surface area contributed by atoms with Crippen molar-refractivity contribution in [2.75, 3.05) is 13.3 Å². The van der Waals surface area contributed by atoms with Crippen molar-refractivity contribution in [2.45, 2.75) is 25.7 Å². The number of amides is 1. The van der Waals surface area contributed by atoms with E-state index in [4.69, 9.17) is 13.9 Å². The van der Waals surface area contributed by atoms with Crippen LogP contribution in [-0.4, -0.2) is 29.4 Å². The summed E-state index contributed by atoms with van der Waals surface area (Å²) in [5.41, 5.74) is 2.03. The molecule has 3 aromatic rings. The molecular weight excluding hydrogens is 358 g/mol. The van der Waals surface area contributed by atoms with Crippen molar-refractivity contribution in [1.82, 2.24) is 15.5 Å². The van der Waals surface area contributed by atoms with E-state index in [9.17, 15) is 4.79 Å². The van der Waals surface area contributed by atoms with Gasteiger partial charge in [-0.05, 0) is 36.6 Å². The maximum Gasteiger partial charge on any atom is 0.247 e. The van der Waals surface area contributed by atoms with E-state index in [1.54, 1.807) is 6.07 Å². The summed E-state index contributed by atoms with van der Waals surface area (Å²) >= 11 is 0. The van der Waals surface area contributed by atoms with Crippen LogP contribution < -0.4 is 14.8 Å². The lowest BCUT2D eigenvalue weighted by Gasteiger charge is -2.04. The Kier molecular flexibility index (Phi) is 5.51. The quantitative estimate of drug-likeness (QED) is 0.605. The van der Waals surface area contributed by atoms with Gasteiger partial charge in [0.05, 0.1) is 0 Å². The van der Waals surface area contributed by atoms with Gasteiger partial charge in [0.15, 0.2) is 11.5 Å². The van der Waals surface area contributed by atoms with Crippen molar-refractivity contribution in [2.24, 2.45) is 0 Å². The van der Waals surface area contributed by atoms with Gasteiger partial charge in [0.2, 0.25) is 24.5 Å². The zero-order chi connectivity index (χ0) is 19.2. The number of nitrogens with zero attached hydrogens (tertiary/aromatic N) is 2. The zero-order valence-corrected chi connectivity index (χ0v) is 15.4. The molecule has 7 nitrogen and oxygen atoms in total. The van der Waals surface area contributed by atoms with Crippen molar-refractivity contribution in [3.63, 3.8) is 0 Å². The third kappa shape index (κ3) is 4.49. The van der Waals surface area contributed by atoms with Crippen LogP contribution in [0.4, 0.5) is 0 Å². The molecule has 0 radical (unpaired) electrons. The van der Waals surface area contributed by atoms with Crippen molar-refractivity contribution < 1.29 is 18.7 Å². The fourth-order valence-corrected chi connectivity index (χ4v) is 2.97. The number of aryl methyl sites for hydroxylation is 2. The molecule has 7 heteroatoms. The van der Waals surface area contributed by atoms with Crippen LogP contribution in [0.25, 0.3) is 11.5 Å². The molecule has 4 rings (SSSR count). The van der Waals surface area contributed by atoms with Crippen LogP contribution in [0.3, 0.4) is 0 Å². The molecule has 0 saturated heterocycles. The van der Waals surface area contributed by atoms with E-state index in [2.05, 4.69) is 27.6 Å². The Bertz CT molecular complexity index is 940. The number of carbonyl (C=O) groups excluding carboxylic acids is 1. The molecule has 1 amide bonds. The molecule has 0 fully saturated rings. The fraction of sp³-hybridized carbons (Fsp3) is 0.286. The van der Waals surface area contributed by atoms with E-state index >= 15 is 0 Å². The Morgan fingerprint density at radius 2 is 1.86 bits per heavy atom. The predicted octanol–water partition coefficient (Wildman–Crippen LogP) is 3.15. The van der Waals surface area contributed by atoms with Crippen LogP contribution >= 0.6 is 0 Å². The van der Waals surface area contributed by atoms with Crippen molar-refractivity contribution >= 4 is 5.91 Å². The van der Waals surface area contributed by atoms with Crippen LogP contribution in [0, 0.1) is 0 Å². The molecule has 0 unspecified atom stereocenters. The minimum absolute atomic E-state index is 0.0177. The highest BCUT2D eigenvalue weighted by atomic mass is 16.7. The van der Waals surface area contributed by atoms with Crippen molar-refractivity contribution in [3.05, 3.63) is 60.0 Å². The number of carbonyl (C=O) groups is 1. The number of hydrogen-bond donors (Lipinski definition) is 1. The normalized spacial score (nSPS) is 12.1. The molecule has 0 aliphatic carbocycles. The first-order chi connectivity index (χ1) is 13.8. The average molecular weight is 379 g/mol. The maximum absolute atomic E-state index is 12.0. The van der Waals surface area contributed by atoms with Crippen LogP contribution in [0.2, 0.25) is 0 Å². The highest BCUT2D eigenvalue weighted by molar-refractivity contribution is 5.76. The van der Waals surface area contributed by atoms with E-state index in [0.29, 0.717) is 42.7 Å². The third-order valence-corrected chi connectivity index (χ3v) is 4.46. The smallest absolute Gasteiger partial charge is 0.247 e. The van der Waals surface area contributed by atoms with Crippen LogP contribution in [0.1, 0.15) is 24.3 Å². The van der Waals surface area contributed by atoms with Gasteiger partial charge in [-0.25, -0.2) is 0 Å². The molecule has 1 aliphatic heterocycles. The summed E-state index contributed by atoms with van der Waals surface area (Å²) in [5.74, 6) is 2.18. The molecule has 0 spiro atoms. The predicted molar refractivity (Wildman–Crippen MR) is 102 cm³/mol. The number of nitrogens with one attached hydrogen (secondary N) is 1. The molecule has 0 atom stereocenters. The SMILES string of the molecule is O=C(CCc1nnc(-c2ccc3c(c2)OCO3)o1)NCCCc1ccccc1. The molecule has 0 bridgehead atoms. The summed E-state index contributed by atoms with van der Waals surface area (Å²) in [6, 6.07) is 15.7. The van der Waals surface area contributed by atoms with Crippen molar-refractivity contribution in [1.29, 1.82) is 0 Å². The maximum atomic E-state index is 12.0. The summed E-state index contributed by atoms with van der Waals surface area (Å²) < 4.78 is 16.3. The van der Waals surface area contributed by atoms with E-state index in [-0.39, 0.29) is 12.7 Å². The van der Waals surface area contributed by atoms with E-state index < -0.39 is 0 Å². The van der Waals surface area contributed by atoms with E-state index in [1.165, 1.54) is 5.56 Å². The number of ether oxygens (including phenoxy) is 2. The minimum atomic E-state index is -0.0177. The average Bonchev–Trinajstić information content (AvgIpc) is 3.39.